The summed E-state index contributed by atoms with van der Waals surface area (Å²) in [5.41, 5.74) is 4.99. The van der Waals surface area contributed by atoms with Crippen molar-refractivity contribution in [3.8, 4) is 0 Å². The Morgan fingerprint density at radius 1 is 1.44 bits per heavy atom. The summed E-state index contributed by atoms with van der Waals surface area (Å²) in [7, 11) is -3.78. The number of nitrogens with two attached hydrogens (primary N) is 1. The van der Waals surface area contributed by atoms with Crippen molar-refractivity contribution < 1.29 is 17.9 Å². The van der Waals surface area contributed by atoms with Gasteiger partial charge in [-0.3, -0.25) is 0 Å². The van der Waals surface area contributed by atoms with Gasteiger partial charge in [0.1, 0.15) is 10.7 Å². The second-order valence-electron chi connectivity index (χ2n) is 3.63. The van der Waals surface area contributed by atoms with Crippen molar-refractivity contribution in [1.29, 1.82) is 0 Å². The molecule has 0 spiro atoms. The minimum Gasteiger partial charge on any atom is -0.395 e. The molecule has 1 aliphatic rings. The zero-order valence-corrected chi connectivity index (χ0v) is 9.11. The molecule has 0 unspecified atom stereocenters. The van der Waals surface area contributed by atoms with Gasteiger partial charge in [-0.25, -0.2) is 12.8 Å². The van der Waals surface area contributed by atoms with E-state index in [0.717, 1.165) is 10.4 Å². The summed E-state index contributed by atoms with van der Waals surface area (Å²) in [6.07, 6.45) is -0.649. The molecule has 0 aliphatic carbocycles. The lowest BCUT2D eigenvalue weighted by Crippen LogP contribution is -2.53. The van der Waals surface area contributed by atoms with Crippen LogP contribution < -0.4 is 5.73 Å². The maximum absolute atomic E-state index is 13.1. The quantitative estimate of drug-likeness (QED) is 0.706. The minimum absolute atomic E-state index is 0.0261. The van der Waals surface area contributed by atoms with Crippen LogP contribution in [0.25, 0.3) is 0 Å². The van der Waals surface area contributed by atoms with Crippen molar-refractivity contribution in [2.45, 2.75) is 11.0 Å². The molecule has 0 bridgehead atoms. The van der Waals surface area contributed by atoms with E-state index in [2.05, 4.69) is 0 Å². The van der Waals surface area contributed by atoms with E-state index in [1.807, 2.05) is 0 Å². The van der Waals surface area contributed by atoms with Crippen molar-refractivity contribution in [2.75, 3.05) is 18.8 Å². The number of anilines is 1. The molecule has 7 heteroatoms. The van der Waals surface area contributed by atoms with E-state index >= 15 is 0 Å². The van der Waals surface area contributed by atoms with Gasteiger partial charge in [-0.2, -0.15) is 4.31 Å². The smallest absolute Gasteiger partial charge is 0.245 e. The van der Waals surface area contributed by atoms with Crippen LogP contribution in [0.1, 0.15) is 0 Å². The fourth-order valence-corrected chi connectivity index (χ4v) is 3.13. The Balaban J connectivity index is 2.40. The number of rotatable bonds is 2. The molecule has 0 aromatic heterocycles. The van der Waals surface area contributed by atoms with E-state index in [1.165, 1.54) is 12.1 Å². The Hall–Kier alpha value is -1.18. The van der Waals surface area contributed by atoms with Crippen molar-refractivity contribution >= 4 is 15.7 Å². The van der Waals surface area contributed by atoms with Gasteiger partial charge in [0, 0.05) is 13.1 Å². The predicted octanol–water partition coefficient (Wildman–Crippen LogP) is -0.227. The maximum Gasteiger partial charge on any atom is 0.245 e. The van der Waals surface area contributed by atoms with Crippen LogP contribution in [-0.4, -0.2) is 37.0 Å². The van der Waals surface area contributed by atoms with Crippen molar-refractivity contribution in [2.24, 2.45) is 0 Å². The lowest BCUT2D eigenvalue weighted by atomic mass is 10.2. The van der Waals surface area contributed by atoms with Crippen LogP contribution in [0.4, 0.5) is 10.1 Å². The molecule has 1 fully saturated rings. The second-order valence-corrected chi connectivity index (χ2v) is 5.53. The molecule has 1 aliphatic heterocycles. The van der Waals surface area contributed by atoms with Crippen molar-refractivity contribution in [3.63, 3.8) is 0 Å². The third-order valence-corrected chi connectivity index (χ3v) is 4.35. The van der Waals surface area contributed by atoms with Crippen LogP contribution in [-0.2, 0) is 10.0 Å². The highest BCUT2D eigenvalue weighted by atomic mass is 32.2. The van der Waals surface area contributed by atoms with Gasteiger partial charge >= 0.3 is 0 Å². The maximum atomic E-state index is 13.1. The molecule has 2 rings (SSSR count). The van der Waals surface area contributed by atoms with E-state index in [-0.39, 0.29) is 23.7 Å². The lowest BCUT2D eigenvalue weighted by molar-refractivity contribution is 0.0548. The molecule has 0 radical (unpaired) electrons. The molecular weight excluding hydrogens is 235 g/mol. The number of β-amino-alcohol motifs (C(OH)–C–C–N with tert-alkyl or cyclic N) is 1. The van der Waals surface area contributed by atoms with Crippen LogP contribution in [0, 0.1) is 5.82 Å². The zero-order valence-electron chi connectivity index (χ0n) is 8.30. The summed E-state index contributed by atoms with van der Waals surface area (Å²) in [4.78, 5) is -0.251. The van der Waals surface area contributed by atoms with Gasteiger partial charge in [0.05, 0.1) is 11.8 Å². The van der Waals surface area contributed by atoms with Crippen LogP contribution in [0.15, 0.2) is 23.1 Å². The molecule has 16 heavy (non-hydrogen) atoms. The number of halogens is 1. The number of aliphatic hydroxyl groups excluding tert-OH is 1. The third kappa shape index (κ3) is 1.66. The lowest BCUT2D eigenvalue weighted by Gasteiger charge is -2.34. The molecular formula is C9H11FN2O3S. The van der Waals surface area contributed by atoms with Gasteiger partial charge < -0.3 is 10.8 Å². The molecule has 0 saturated carbocycles. The van der Waals surface area contributed by atoms with Gasteiger partial charge in [0.15, 0.2) is 0 Å². The number of benzene rings is 1. The number of nitrogens with zero attached hydrogens (tertiary/aromatic N) is 1. The van der Waals surface area contributed by atoms with E-state index in [9.17, 15) is 12.8 Å². The van der Waals surface area contributed by atoms with Gasteiger partial charge in [-0.1, -0.05) is 6.07 Å². The van der Waals surface area contributed by atoms with Crippen molar-refractivity contribution in [3.05, 3.63) is 24.0 Å². The Kier molecular flexibility index (Phi) is 2.61. The molecule has 3 N–H and O–H groups in total. The summed E-state index contributed by atoms with van der Waals surface area (Å²) >= 11 is 0. The largest absolute Gasteiger partial charge is 0.395 e. The first-order valence-corrected chi connectivity index (χ1v) is 6.09. The number of para-hydroxylation sites is 1. The molecule has 0 atom stereocenters. The molecule has 5 nitrogen and oxygen atoms in total. The Morgan fingerprint density at radius 2 is 2.06 bits per heavy atom. The molecule has 0 amide bonds. The second kappa shape index (κ2) is 3.69. The number of sulfonamides is 1. The van der Waals surface area contributed by atoms with E-state index in [0.29, 0.717) is 0 Å². The monoisotopic (exact) mass is 246 g/mol. The van der Waals surface area contributed by atoms with Crippen LogP contribution in [0.5, 0.6) is 0 Å². The Bertz CT molecular complexity index is 511. The Labute approximate surface area is 92.3 Å². The summed E-state index contributed by atoms with van der Waals surface area (Å²) in [6, 6.07) is 3.63. The van der Waals surface area contributed by atoms with E-state index < -0.39 is 21.9 Å². The number of nitrogen functional groups attached to an aromatic ring is 1. The van der Waals surface area contributed by atoms with E-state index in [4.69, 9.17) is 10.8 Å². The van der Waals surface area contributed by atoms with Gasteiger partial charge in [0.2, 0.25) is 10.0 Å². The minimum atomic E-state index is -3.78. The first-order chi connectivity index (χ1) is 7.43. The van der Waals surface area contributed by atoms with Crippen LogP contribution >= 0.6 is 0 Å². The van der Waals surface area contributed by atoms with E-state index in [1.54, 1.807) is 0 Å². The summed E-state index contributed by atoms with van der Waals surface area (Å²) < 4.78 is 38.0. The zero-order chi connectivity index (χ0) is 11.9. The molecule has 88 valence electrons. The highest BCUT2D eigenvalue weighted by molar-refractivity contribution is 7.89. The standard InChI is InChI=1S/C9H11FN2O3S/c10-7-2-1-3-8(9(7)11)16(14,15)12-4-6(13)5-12/h1-3,6,13H,4-5,11H2. The third-order valence-electron chi connectivity index (χ3n) is 2.46. The first-order valence-electron chi connectivity index (χ1n) is 4.65. The highest BCUT2D eigenvalue weighted by Gasteiger charge is 2.36. The number of hydrogen-bond acceptors (Lipinski definition) is 4. The molecule has 1 saturated heterocycles. The number of aliphatic hydroxyl groups is 1. The fourth-order valence-electron chi connectivity index (χ4n) is 1.49. The van der Waals surface area contributed by atoms with Gasteiger partial charge in [-0.15, -0.1) is 0 Å². The summed E-state index contributed by atoms with van der Waals surface area (Å²) in [5.74, 6) is -0.762. The molecule has 1 aromatic rings. The molecule has 1 aromatic carbocycles. The SMILES string of the molecule is Nc1c(F)cccc1S(=O)(=O)N1CC(O)C1. The summed E-state index contributed by atoms with van der Waals surface area (Å²) in [6.45, 7) is 0.0522. The topological polar surface area (TPSA) is 83.6 Å². The normalized spacial score (nSPS) is 18.4. The first kappa shape index (κ1) is 11.3. The van der Waals surface area contributed by atoms with Crippen molar-refractivity contribution in [1.82, 2.24) is 4.31 Å². The fraction of sp³-hybridized carbons (Fsp3) is 0.333. The van der Waals surface area contributed by atoms with Gasteiger partial charge in [0.25, 0.3) is 0 Å². The average Bonchev–Trinajstić information content (AvgIpc) is 2.17. The molecule has 1 heterocycles. The summed E-state index contributed by atoms with van der Waals surface area (Å²) in [5, 5.41) is 9.04. The van der Waals surface area contributed by atoms with Crippen LogP contribution in [0.3, 0.4) is 0 Å². The highest BCUT2D eigenvalue weighted by Crippen LogP contribution is 2.27. The van der Waals surface area contributed by atoms with Gasteiger partial charge in [-0.05, 0) is 12.1 Å². The number of hydrogen-bond donors (Lipinski definition) is 2. The average molecular weight is 246 g/mol. The predicted molar refractivity (Wildman–Crippen MR) is 55.6 cm³/mol. The van der Waals surface area contributed by atoms with Crippen LogP contribution in [0.2, 0.25) is 0 Å². The Morgan fingerprint density at radius 3 is 2.62 bits per heavy atom.